The maximum atomic E-state index is 12.7. The maximum absolute atomic E-state index is 12.7. The fourth-order valence-electron chi connectivity index (χ4n) is 2.59. The molecule has 2 N–H and O–H groups in total. The molecule has 0 saturated heterocycles. The average molecular weight is 337 g/mol. The first-order chi connectivity index (χ1) is 11.3. The van der Waals surface area contributed by atoms with Gasteiger partial charge in [-0.05, 0) is 49.1 Å². The van der Waals surface area contributed by atoms with Gasteiger partial charge in [0.25, 0.3) is 0 Å². The Bertz CT molecular complexity index is 670. The fourth-order valence-corrected chi connectivity index (χ4v) is 2.59. The third kappa shape index (κ3) is 5.08. The van der Waals surface area contributed by atoms with Gasteiger partial charge in [-0.25, -0.2) is 0 Å². The van der Waals surface area contributed by atoms with E-state index in [9.17, 15) is 18.3 Å². The minimum Gasteiger partial charge on any atom is -0.387 e. The number of aryl methyl sites for hydroxylation is 1. The van der Waals surface area contributed by atoms with Crippen molar-refractivity contribution in [2.45, 2.75) is 38.6 Å². The van der Waals surface area contributed by atoms with Gasteiger partial charge < -0.3 is 10.4 Å². The Hall–Kier alpha value is -1.85. The second kappa shape index (κ2) is 7.81. The first-order valence-corrected chi connectivity index (χ1v) is 7.90. The first kappa shape index (κ1) is 18.5. The van der Waals surface area contributed by atoms with Gasteiger partial charge >= 0.3 is 6.18 Å². The summed E-state index contributed by atoms with van der Waals surface area (Å²) in [5.41, 5.74) is 1.93. The predicted octanol–water partition coefficient (Wildman–Crippen LogP) is 4.27. The number of aliphatic hydroxyl groups excluding tert-OH is 1. The third-order valence-electron chi connectivity index (χ3n) is 4.05. The summed E-state index contributed by atoms with van der Waals surface area (Å²) in [6, 6.07) is 13.0. The van der Waals surface area contributed by atoms with E-state index in [1.165, 1.54) is 23.3 Å². The number of benzene rings is 2. The van der Waals surface area contributed by atoms with Gasteiger partial charge in [-0.1, -0.05) is 36.4 Å². The van der Waals surface area contributed by atoms with Crippen molar-refractivity contribution in [3.8, 4) is 0 Å². The molecule has 2 aromatic carbocycles. The molecule has 2 aromatic rings. The molecule has 0 heterocycles. The van der Waals surface area contributed by atoms with Crippen molar-refractivity contribution in [2.75, 3.05) is 6.54 Å². The SMILES string of the molecule is Cc1ccccc1CC(C)NC[C@H](O)c1cccc(C(F)(F)F)c1. The van der Waals surface area contributed by atoms with Crippen molar-refractivity contribution < 1.29 is 18.3 Å². The second-order valence-corrected chi connectivity index (χ2v) is 6.08. The lowest BCUT2D eigenvalue weighted by Crippen LogP contribution is -2.32. The summed E-state index contributed by atoms with van der Waals surface area (Å²) in [6.45, 7) is 4.24. The number of rotatable bonds is 6. The van der Waals surface area contributed by atoms with Crippen LogP contribution < -0.4 is 5.32 Å². The van der Waals surface area contributed by atoms with Crippen LogP contribution in [-0.4, -0.2) is 17.7 Å². The van der Waals surface area contributed by atoms with Crippen LogP contribution in [0.15, 0.2) is 48.5 Å². The zero-order valence-electron chi connectivity index (χ0n) is 13.8. The predicted molar refractivity (Wildman–Crippen MR) is 88.8 cm³/mol. The molecule has 0 aliphatic rings. The highest BCUT2D eigenvalue weighted by Gasteiger charge is 2.30. The number of hydrogen-bond acceptors (Lipinski definition) is 2. The molecule has 0 saturated carbocycles. The number of nitrogens with one attached hydrogen (secondary N) is 1. The van der Waals surface area contributed by atoms with E-state index in [1.807, 2.05) is 32.0 Å². The zero-order chi connectivity index (χ0) is 17.7. The Balaban J connectivity index is 1.93. The van der Waals surface area contributed by atoms with Gasteiger partial charge in [-0.3, -0.25) is 0 Å². The van der Waals surface area contributed by atoms with E-state index in [1.54, 1.807) is 0 Å². The molecule has 0 amide bonds. The summed E-state index contributed by atoms with van der Waals surface area (Å²) in [5.74, 6) is 0. The van der Waals surface area contributed by atoms with Gasteiger partial charge in [-0.2, -0.15) is 13.2 Å². The highest BCUT2D eigenvalue weighted by molar-refractivity contribution is 5.28. The van der Waals surface area contributed by atoms with Gasteiger partial charge in [-0.15, -0.1) is 0 Å². The van der Waals surface area contributed by atoms with E-state index >= 15 is 0 Å². The standard InChI is InChI=1S/C19H22F3NO/c1-13-6-3-4-7-15(13)10-14(2)23-12-18(24)16-8-5-9-17(11-16)19(20,21)22/h3-9,11,14,18,23-24H,10,12H2,1-2H3/t14?,18-/m0/s1. The summed E-state index contributed by atoms with van der Waals surface area (Å²) in [5, 5.41) is 13.3. The monoisotopic (exact) mass is 337 g/mol. The van der Waals surface area contributed by atoms with E-state index in [0.717, 1.165) is 18.6 Å². The summed E-state index contributed by atoms with van der Waals surface area (Å²) in [7, 11) is 0. The van der Waals surface area contributed by atoms with E-state index < -0.39 is 17.8 Å². The molecule has 0 radical (unpaired) electrons. The van der Waals surface area contributed by atoms with Crippen LogP contribution >= 0.6 is 0 Å². The molecule has 2 rings (SSSR count). The Labute approximate surface area is 140 Å². The van der Waals surface area contributed by atoms with Crippen LogP contribution in [0.4, 0.5) is 13.2 Å². The minimum absolute atomic E-state index is 0.103. The summed E-state index contributed by atoms with van der Waals surface area (Å²) in [4.78, 5) is 0. The largest absolute Gasteiger partial charge is 0.416 e. The molecule has 0 spiro atoms. The van der Waals surface area contributed by atoms with Crippen LogP contribution in [-0.2, 0) is 12.6 Å². The lowest BCUT2D eigenvalue weighted by molar-refractivity contribution is -0.137. The van der Waals surface area contributed by atoms with Gasteiger partial charge in [0, 0.05) is 12.6 Å². The Morgan fingerprint density at radius 3 is 2.46 bits per heavy atom. The summed E-state index contributed by atoms with van der Waals surface area (Å²) in [6.07, 6.45) is -4.59. The normalized spacial score (nSPS) is 14.4. The zero-order valence-corrected chi connectivity index (χ0v) is 13.8. The highest BCUT2D eigenvalue weighted by atomic mass is 19.4. The molecule has 5 heteroatoms. The molecule has 0 aromatic heterocycles. The maximum Gasteiger partial charge on any atom is 0.416 e. The van der Waals surface area contributed by atoms with Crippen LogP contribution in [0.5, 0.6) is 0 Å². The molecular formula is C19H22F3NO. The molecule has 1 unspecified atom stereocenters. The number of hydrogen-bond donors (Lipinski definition) is 2. The van der Waals surface area contributed by atoms with Crippen LogP contribution in [0.3, 0.4) is 0 Å². The van der Waals surface area contributed by atoms with Gasteiger partial charge in [0.1, 0.15) is 0 Å². The third-order valence-corrected chi connectivity index (χ3v) is 4.05. The van der Waals surface area contributed by atoms with E-state index in [2.05, 4.69) is 11.4 Å². The van der Waals surface area contributed by atoms with Crippen molar-refractivity contribution >= 4 is 0 Å². The molecule has 0 fully saturated rings. The van der Waals surface area contributed by atoms with Crippen LogP contribution in [0.2, 0.25) is 0 Å². The minimum atomic E-state index is -4.40. The molecule has 130 valence electrons. The van der Waals surface area contributed by atoms with Crippen LogP contribution in [0, 0.1) is 6.92 Å². The second-order valence-electron chi connectivity index (χ2n) is 6.08. The fraction of sp³-hybridized carbons (Fsp3) is 0.368. The van der Waals surface area contributed by atoms with E-state index in [-0.39, 0.29) is 18.2 Å². The topological polar surface area (TPSA) is 32.3 Å². The Morgan fingerprint density at radius 2 is 1.79 bits per heavy atom. The van der Waals surface area contributed by atoms with Gasteiger partial charge in [0.15, 0.2) is 0 Å². The Morgan fingerprint density at radius 1 is 1.08 bits per heavy atom. The van der Waals surface area contributed by atoms with E-state index in [4.69, 9.17) is 0 Å². The Kier molecular flexibility index (Phi) is 6.02. The average Bonchev–Trinajstić information content (AvgIpc) is 2.54. The van der Waals surface area contributed by atoms with E-state index in [0.29, 0.717) is 0 Å². The van der Waals surface area contributed by atoms with Crippen molar-refractivity contribution in [2.24, 2.45) is 0 Å². The lowest BCUT2D eigenvalue weighted by atomic mass is 10.0. The first-order valence-electron chi connectivity index (χ1n) is 7.90. The molecule has 2 nitrogen and oxygen atoms in total. The van der Waals surface area contributed by atoms with Crippen molar-refractivity contribution in [3.63, 3.8) is 0 Å². The lowest BCUT2D eigenvalue weighted by Gasteiger charge is -2.19. The smallest absolute Gasteiger partial charge is 0.387 e. The molecule has 24 heavy (non-hydrogen) atoms. The number of alkyl halides is 3. The summed E-state index contributed by atoms with van der Waals surface area (Å²) < 4.78 is 38.2. The van der Waals surface area contributed by atoms with Crippen molar-refractivity contribution in [1.29, 1.82) is 0 Å². The van der Waals surface area contributed by atoms with Crippen LogP contribution in [0.25, 0.3) is 0 Å². The van der Waals surface area contributed by atoms with Crippen molar-refractivity contribution in [3.05, 3.63) is 70.8 Å². The van der Waals surface area contributed by atoms with Crippen LogP contribution in [0.1, 0.15) is 35.3 Å². The highest BCUT2D eigenvalue weighted by Crippen LogP contribution is 2.30. The summed E-state index contributed by atoms with van der Waals surface area (Å²) >= 11 is 0. The number of aliphatic hydroxyl groups is 1. The van der Waals surface area contributed by atoms with Gasteiger partial charge in [0.05, 0.1) is 11.7 Å². The molecule has 2 atom stereocenters. The molecule has 0 aliphatic carbocycles. The quantitative estimate of drug-likeness (QED) is 0.825. The molecule has 0 aliphatic heterocycles. The molecular weight excluding hydrogens is 315 g/mol. The van der Waals surface area contributed by atoms with Crippen molar-refractivity contribution in [1.82, 2.24) is 5.32 Å². The van der Waals surface area contributed by atoms with Gasteiger partial charge in [0.2, 0.25) is 0 Å². The molecule has 0 bridgehead atoms. The number of halogens is 3.